The topological polar surface area (TPSA) is 70.2 Å². The predicted molar refractivity (Wildman–Crippen MR) is 83.4 cm³/mol. The number of aromatic nitrogens is 2. The Hall–Kier alpha value is -1.69. The van der Waals surface area contributed by atoms with Gasteiger partial charge in [-0.05, 0) is 51.4 Å². The molecule has 1 aromatic rings. The van der Waals surface area contributed by atoms with E-state index in [-0.39, 0.29) is 11.9 Å². The molecule has 1 amide bonds. The fourth-order valence-corrected chi connectivity index (χ4v) is 2.50. The number of amides is 1. The Labute approximate surface area is 126 Å². The summed E-state index contributed by atoms with van der Waals surface area (Å²) in [5.74, 6) is 0.551. The second-order valence-electron chi connectivity index (χ2n) is 5.61. The molecule has 0 bridgehead atoms. The zero-order valence-corrected chi connectivity index (χ0v) is 12.9. The van der Waals surface area contributed by atoms with Gasteiger partial charge in [-0.25, -0.2) is 0 Å². The zero-order valence-electron chi connectivity index (χ0n) is 12.9. The normalized spacial score (nSPS) is 16.7. The van der Waals surface area contributed by atoms with Crippen LogP contribution in [0.25, 0.3) is 0 Å². The first-order chi connectivity index (χ1) is 10.2. The van der Waals surface area contributed by atoms with Crippen LogP contribution >= 0.6 is 0 Å². The second-order valence-corrected chi connectivity index (χ2v) is 5.61. The number of carbonyl (C=O) groups excluding carboxylic acids is 1. The highest BCUT2D eigenvalue weighted by molar-refractivity contribution is 5.92. The number of rotatable bonds is 7. The van der Waals surface area contributed by atoms with Crippen LogP contribution in [0, 0.1) is 0 Å². The van der Waals surface area contributed by atoms with Gasteiger partial charge in [-0.2, -0.15) is 0 Å². The van der Waals surface area contributed by atoms with Crippen molar-refractivity contribution in [1.29, 1.82) is 0 Å². The third-order valence-electron chi connectivity index (χ3n) is 3.56. The lowest BCUT2D eigenvalue weighted by Gasteiger charge is -2.20. The number of hydrogen-bond acceptors (Lipinski definition) is 5. The average molecular weight is 291 g/mol. The Morgan fingerprint density at radius 3 is 2.71 bits per heavy atom. The molecular weight excluding hydrogens is 266 g/mol. The molecule has 1 aromatic heterocycles. The maximum atomic E-state index is 12.1. The lowest BCUT2D eigenvalue weighted by molar-refractivity contribution is 0.0926. The Balaban J connectivity index is 1.81. The maximum absolute atomic E-state index is 12.1. The van der Waals surface area contributed by atoms with Crippen LogP contribution < -0.4 is 10.6 Å². The summed E-state index contributed by atoms with van der Waals surface area (Å²) in [4.78, 5) is 14.5. The van der Waals surface area contributed by atoms with Crippen LogP contribution in [-0.4, -0.2) is 53.2 Å². The molecule has 1 aliphatic rings. The monoisotopic (exact) mass is 291 g/mol. The van der Waals surface area contributed by atoms with Gasteiger partial charge in [0, 0.05) is 19.1 Å². The standard InChI is InChI=1S/C15H25N5O/c1-3-8-16-14-7-6-13(18-19-14)15(21)17-12(2)11-20-9-4-5-10-20/h6-7,12H,3-5,8-11H2,1-2H3,(H,16,19)(H,17,21). The fraction of sp³-hybridized carbons (Fsp3) is 0.667. The molecule has 1 aliphatic heterocycles. The van der Waals surface area contributed by atoms with Crippen molar-refractivity contribution in [2.45, 2.75) is 39.2 Å². The van der Waals surface area contributed by atoms with Crippen molar-refractivity contribution in [3.63, 3.8) is 0 Å². The maximum Gasteiger partial charge on any atom is 0.272 e. The van der Waals surface area contributed by atoms with E-state index < -0.39 is 0 Å². The number of anilines is 1. The minimum absolute atomic E-state index is 0.121. The zero-order chi connectivity index (χ0) is 15.1. The molecule has 0 spiro atoms. The van der Waals surface area contributed by atoms with Gasteiger partial charge in [0.1, 0.15) is 5.82 Å². The van der Waals surface area contributed by atoms with Crippen LogP contribution in [0.4, 0.5) is 5.82 Å². The first-order valence-electron chi connectivity index (χ1n) is 7.80. The van der Waals surface area contributed by atoms with Crippen LogP contribution in [0.5, 0.6) is 0 Å². The highest BCUT2D eigenvalue weighted by Crippen LogP contribution is 2.08. The molecule has 1 saturated heterocycles. The lowest BCUT2D eigenvalue weighted by Crippen LogP contribution is -2.41. The fourth-order valence-electron chi connectivity index (χ4n) is 2.50. The van der Waals surface area contributed by atoms with Gasteiger partial charge in [0.15, 0.2) is 5.69 Å². The molecule has 6 nitrogen and oxygen atoms in total. The number of nitrogens with zero attached hydrogens (tertiary/aromatic N) is 3. The third-order valence-corrected chi connectivity index (χ3v) is 3.56. The second kappa shape index (κ2) is 7.93. The van der Waals surface area contributed by atoms with E-state index in [0.29, 0.717) is 11.5 Å². The van der Waals surface area contributed by atoms with Crippen LogP contribution in [0.2, 0.25) is 0 Å². The van der Waals surface area contributed by atoms with Gasteiger partial charge in [-0.3, -0.25) is 4.79 Å². The van der Waals surface area contributed by atoms with Gasteiger partial charge in [0.2, 0.25) is 0 Å². The molecule has 21 heavy (non-hydrogen) atoms. The molecule has 1 fully saturated rings. The van der Waals surface area contributed by atoms with Crippen molar-refractivity contribution in [3.8, 4) is 0 Å². The molecule has 0 aliphatic carbocycles. The molecule has 0 aromatic carbocycles. The molecule has 1 unspecified atom stereocenters. The highest BCUT2D eigenvalue weighted by Gasteiger charge is 2.17. The van der Waals surface area contributed by atoms with Crippen LogP contribution in [0.3, 0.4) is 0 Å². The molecule has 116 valence electrons. The summed E-state index contributed by atoms with van der Waals surface area (Å²) in [6.45, 7) is 8.14. The quantitative estimate of drug-likeness (QED) is 0.797. The Morgan fingerprint density at radius 1 is 1.33 bits per heavy atom. The Kier molecular flexibility index (Phi) is 5.92. The van der Waals surface area contributed by atoms with Crippen molar-refractivity contribution in [3.05, 3.63) is 17.8 Å². The van der Waals surface area contributed by atoms with Gasteiger partial charge in [0.05, 0.1) is 0 Å². The minimum atomic E-state index is -0.156. The van der Waals surface area contributed by atoms with E-state index in [2.05, 4.69) is 32.7 Å². The van der Waals surface area contributed by atoms with Crippen molar-refractivity contribution in [1.82, 2.24) is 20.4 Å². The van der Waals surface area contributed by atoms with Gasteiger partial charge < -0.3 is 15.5 Å². The van der Waals surface area contributed by atoms with Gasteiger partial charge >= 0.3 is 0 Å². The van der Waals surface area contributed by atoms with Gasteiger partial charge in [0.25, 0.3) is 5.91 Å². The lowest BCUT2D eigenvalue weighted by atomic mass is 10.3. The number of carbonyl (C=O) groups is 1. The highest BCUT2D eigenvalue weighted by atomic mass is 16.2. The number of nitrogens with one attached hydrogen (secondary N) is 2. The van der Waals surface area contributed by atoms with E-state index in [0.717, 1.165) is 32.6 Å². The summed E-state index contributed by atoms with van der Waals surface area (Å²) in [7, 11) is 0. The molecule has 2 N–H and O–H groups in total. The molecule has 1 atom stereocenters. The molecule has 2 heterocycles. The van der Waals surface area contributed by atoms with Gasteiger partial charge in [-0.15, -0.1) is 10.2 Å². The largest absolute Gasteiger partial charge is 0.369 e. The SMILES string of the molecule is CCCNc1ccc(C(=O)NC(C)CN2CCCC2)nn1. The summed E-state index contributed by atoms with van der Waals surface area (Å²) in [5, 5.41) is 14.1. The van der Waals surface area contributed by atoms with Crippen molar-refractivity contribution >= 4 is 11.7 Å². The molecule has 0 saturated carbocycles. The predicted octanol–water partition coefficient (Wildman–Crippen LogP) is 1.51. The average Bonchev–Trinajstić information content (AvgIpc) is 2.98. The Morgan fingerprint density at radius 2 is 2.10 bits per heavy atom. The first kappa shape index (κ1) is 15.7. The van der Waals surface area contributed by atoms with E-state index in [1.807, 2.05) is 6.92 Å². The van der Waals surface area contributed by atoms with Crippen molar-refractivity contribution < 1.29 is 4.79 Å². The molecule has 2 rings (SSSR count). The molecule has 0 radical (unpaired) electrons. The summed E-state index contributed by atoms with van der Waals surface area (Å²) >= 11 is 0. The van der Waals surface area contributed by atoms with Crippen molar-refractivity contribution in [2.75, 3.05) is 31.5 Å². The molecule has 6 heteroatoms. The van der Waals surface area contributed by atoms with Crippen LogP contribution in [0.15, 0.2) is 12.1 Å². The first-order valence-corrected chi connectivity index (χ1v) is 7.80. The van der Waals surface area contributed by atoms with E-state index in [9.17, 15) is 4.79 Å². The summed E-state index contributed by atoms with van der Waals surface area (Å²) in [5.41, 5.74) is 0.366. The Bertz CT molecular complexity index is 442. The van der Waals surface area contributed by atoms with Crippen LogP contribution in [-0.2, 0) is 0 Å². The van der Waals surface area contributed by atoms with E-state index in [4.69, 9.17) is 0 Å². The van der Waals surface area contributed by atoms with Crippen LogP contribution in [0.1, 0.15) is 43.6 Å². The number of hydrogen-bond donors (Lipinski definition) is 2. The van der Waals surface area contributed by atoms with E-state index in [1.165, 1.54) is 12.8 Å². The van der Waals surface area contributed by atoms with Gasteiger partial charge in [-0.1, -0.05) is 6.92 Å². The third kappa shape index (κ3) is 4.97. The van der Waals surface area contributed by atoms with Crippen molar-refractivity contribution in [2.24, 2.45) is 0 Å². The van der Waals surface area contributed by atoms with E-state index in [1.54, 1.807) is 12.1 Å². The summed E-state index contributed by atoms with van der Waals surface area (Å²) in [6.07, 6.45) is 3.55. The molecular formula is C15H25N5O. The smallest absolute Gasteiger partial charge is 0.272 e. The van der Waals surface area contributed by atoms with E-state index >= 15 is 0 Å². The number of likely N-dealkylation sites (tertiary alicyclic amines) is 1. The summed E-state index contributed by atoms with van der Waals surface area (Å²) in [6, 6.07) is 3.63. The summed E-state index contributed by atoms with van der Waals surface area (Å²) < 4.78 is 0. The minimum Gasteiger partial charge on any atom is -0.369 e.